The van der Waals surface area contributed by atoms with Gasteiger partial charge in [-0.3, -0.25) is 9.59 Å². The summed E-state index contributed by atoms with van der Waals surface area (Å²) >= 11 is 0. The maximum atomic E-state index is 11.5. The molecular weight excluding hydrogens is 262 g/mol. The lowest BCUT2D eigenvalue weighted by molar-refractivity contribution is -0.114. The molecule has 1 aromatic carbocycles. The highest BCUT2D eigenvalue weighted by Crippen LogP contribution is 2.22. The molecule has 0 bridgehead atoms. The number of aromatic carboxylic acids is 1. The van der Waals surface area contributed by atoms with E-state index in [-0.39, 0.29) is 11.7 Å². The third-order valence-corrected chi connectivity index (χ3v) is 2.44. The molecule has 0 unspecified atom stereocenters. The molecule has 0 radical (unpaired) electrons. The van der Waals surface area contributed by atoms with E-state index in [1.165, 1.54) is 13.0 Å². The summed E-state index contributed by atoms with van der Waals surface area (Å²) in [6, 6.07) is 8.67. The second-order valence-electron chi connectivity index (χ2n) is 4.09. The van der Waals surface area contributed by atoms with Crippen LogP contribution < -0.4 is 10.7 Å². The largest absolute Gasteiger partial charge is 0.475 e. The van der Waals surface area contributed by atoms with E-state index in [0.717, 1.165) is 6.07 Å². The van der Waals surface area contributed by atoms with E-state index in [2.05, 4.69) is 5.32 Å². The quantitative estimate of drug-likeness (QED) is 0.891. The highest BCUT2D eigenvalue weighted by atomic mass is 16.4. The Kier molecular flexibility index (Phi) is 3.65. The lowest BCUT2D eigenvalue weighted by atomic mass is 10.1. The van der Waals surface area contributed by atoms with Crippen molar-refractivity contribution >= 4 is 17.6 Å². The van der Waals surface area contributed by atoms with E-state index in [9.17, 15) is 14.4 Å². The number of hydrogen-bond donors (Lipinski definition) is 2. The fourth-order valence-electron chi connectivity index (χ4n) is 1.68. The molecule has 0 saturated carbocycles. The molecule has 1 heterocycles. The number of rotatable bonds is 3. The zero-order valence-electron chi connectivity index (χ0n) is 10.5. The van der Waals surface area contributed by atoms with Crippen LogP contribution in [0.1, 0.15) is 17.5 Å². The molecule has 1 aromatic heterocycles. The van der Waals surface area contributed by atoms with Crippen LogP contribution >= 0.6 is 0 Å². The third-order valence-electron chi connectivity index (χ3n) is 2.44. The van der Waals surface area contributed by atoms with E-state index in [4.69, 9.17) is 9.52 Å². The van der Waals surface area contributed by atoms with Gasteiger partial charge in [-0.05, 0) is 12.1 Å². The van der Waals surface area contributed by atoms with Crippen LogP contribution in [0.15, 0.2) is 45.6 Å². The smallest absolute Gasteiger partial charge is 0.371 e. The average Bonchev–Trinajstić information content (AvgIpc) is 2.37. The number of carboxylic acids is 1. The molecule has 0 aliphatic heterocycles. The maximum absolute atomic E-state index is 11.5. The Balaban J connectivity index is 2.48. The number of carbonyl (C=O) groups is 2. The number of hydrogen-bond acceptors (Lipinski definition) is 4. The van der Waals surface area contributed by atoms with Crippen LogP contribution in [0.5, 0.6) is 0 Å². The number of nitrogens with one attached hydrogen (secondary N) is 1. The van der Waals surface area contributed by atoms with Crippen molar-refractivity contribution in [3.05, 3.63) is 52.4 Å². The van der Waals surface area contributed by atoms with Gasteiger partial charge in [-0.2, -0.15) is 0 Å². The van der Waals surface area contributed by atoms with Crippen molar-refractivity contribution in [3.8, 4) is 11.3 Å². The number of amides is 1. The molecule has 0 fully saturated rings. The second-order valence-corrected chi connectivity index (χ2v) is 4.09. The Labute approximate surface area is 113 Å². The monoisotopic (exact) mass is 273 g/mol. The first-order valence-corrected chi connectivity index (χ1v) is 5.72. The molecule has 6 heteroatoms. The molecule has 0 atom stereocenters. The Bertz CT molecular complexity index is 732. The van der Waals surface area contributed by atoms with E-state index in [1.807, 2.05) is 0 Å². The molecule has 0 spiro atoms. The van der Waals surface area contributed by atoms with Crippen LogP contribution in [0.2, 0.25) is 0 Å². The van der Waals surface area contributed by atoms with E-state index < -0.39 is 17.2 Å². The first-order chi connectivity index (χ1) is 9.45. The molecule has 102 valence electrons. The van der Waals surface area contributed by atoms with Crippen molar-refractivity contribution < 1.29 is 19.1 Å². The summed E-state index contributed by atoms with van der Waals surface area (Å²) in [6.07, 6.45) is 0. The molecule has 0 aliphatic carbocycles. The lowest BCUT2D eigenvalue weighted by Gasteiger charge is -2.05. The van der Waals surface area contributed by atoms with Crippen molar-refractivity contribution in [1.82, 2.24) is 0 Å². The first-order valence-electron chi connectivity index (χ1n) is 5.72. The fourth-order valence-corrected chi connectivity index (χ4v) is 1.68. The average molecular weight is 273 g/mol. The summed E-state index contributed by atoms with van der Waals surface area (Å²) in [6.45, 7) is 1.37. The van der Waals surface area contributed by atoms with Gasteiger partial charge >= 0.3 is 5.97 Å². The summed E-state index contributed by atoms with van der Waals surface area (Å²) in [4.78, 5) is 33.3. The Hall–Kier alpha value is -2.89. The normalized spacial score (nSPS) is 10.1. The summed E-state index contributed by atoms with van der Waals surface area (Å²) in [5, 5.41) is 11.5. The molecular formula is C14H11NO5. The van der Waals surface area contributed by atoms with Gasteiger partial charge in [0.05, 0.1) is 0 Å². The minimum absolute atomic E-state index is 0.127. The molecule has 6 nitrogen and oxygen atoms in total. The van der Waals surface area contributed by atoms with Gasteiger partial charge in [-0.15, -0.1) is 0 Å². The molecule has 0 aliphatic rings. The number of anilines is 1. The van der Waals surface area contributed by atoms with Gasteiger partial charge in [0.1, 0.15) is 5.76 Å². The van der Waals surface area contributed by atoms with Crippen molar-refractivity contribution in [2.75, 3.05) is 5.32 Å². The van der Waals surface area contributed by atoms with Gasteiger partial charge in [0.15, 0.2) is 5.43 Å². The number of carbonyl (C=O) groups excluding carboxylic acids is 1. The SMILES string of the molecule is CC(=O)Nc1cccc(-c2cc(=O)cc(C(=O)O)o2)c1. The van der Waals surface area contributed by atoms with Gasteiger partial charge in [-0.25, -0.2) is 4.79 Å². The molecule has 2 aromatic rings. The zero-order chi connectivity index (χ0) is 14.7. The minimum Gasteiger partial charge on any atom is -0.475 e. The highest BCUT2D eigenvalue weighted by Gasteiger charge is 2.11. The van der Waals surface area contributed by atoms with Crippen LogP contribution in [-0.2, 0) is 4.79 Å². The van der Waals surface area contributed by atoms with Crippen molar-refractivity contribution in [2.24, 2.45) is 0 Å². The van der Waals surface area contributed by atoms with Crippen LogP contribution in [-0.4, -0.2) is 17.0 Å². The topological polar surface area (TPSA) is 96.6 Å². The van der Waals surface area contributed by atoms with E-state index in [0.29, 0.717) is 11.3 Å². The molecule has 2 N–H and O–H groups in total. The van der Waals surface area contributed by atoms with E-state index >= 15 is 0 Å². The van der Waals surface area contributed by atoms with Crippen molar-refractivity contribution in [1.29, 1.82) is 0 Å². The van der Waals surface area contributed by atoms with Crippen LogP contribution in [0.4, 0.5) is 5.69 Å². The number of carboxylic acid groups (broad SMARTS) is 1. The van der Waals surface area contributed by atoms with Crippen LogP contribution in [0.25, 0.3) is 11.3 Å². The number of benzene rings is 1. The van der Waals surface area contributed by atoms with Gasteiger partial charge in [-0.1, -0.05) is 12.1 Å². The Morgan fingerprint density at radius 3 is 2.60 bits per heavy atom. The standard InChI is InChI=1S/C14H11NO5/c1-8(16)15-10-4-2-3-9(5-10)12-6-11(17)7-13(20-12)14(18)19/h2-7H,1H3,(H,15,16)(H,18,19). The van der Waals surface area contributed by atoms with Gasteiger partial charge in [0.2, 0.25) is 11.7 Å². The van der Waals surface area contributed by atoms with Gasteiger partial charge in [0.25, 0.3) is 0 Å². The molecule has 2 rings (SSSR count). The minimum atomic E-state index is -1.32. The maximum Gasteiger partial charge on any atom is 0.371 e. The van der Waals surface area contributed by atoms with Gasteiger partial charge < -0.3 is 14.8 Å². The first kappa shape index (κ1) is 13.5. The summed E-state index contributed by atoms with van der Waals surface area (Å²) < 4.78 is 5.15. The third kappa shape index (κ3) is 3.11. The second kappa shape index (κ2) is 5.40. The fraction of sp³-hybridized carbons (Fsp3) is 0.0714. The summed E-state index contributed by atoms with van der Waals surface area (Å²) in [7, 11) is 0. The predicted molar refractivity (Wildman–Crippen MR) is 71.7 cm³/mol. The van der Waals surface area contributed by atoms with Crippen LogP contribution in [0.3, 0.4) is 0 Å². The van der Waals surface area contributed by atoms with Crippen molar-refractivity contribution in [3.63, 3.8) is 0 Å². The Morgan fingerprint density at radius 2 is 1.95 bits per heavy atom. The highest BCUT2D eigenvalue weighted by molar-refractivity contribution is 5.89. The van der Waals surface area contributed by atoms with Crippen molar-refractivity contribution in [2.45, 2.75) is 6.92 Å². The molecule has 0 saturated heterocycles. The molecule has 1 amide bonds. The lowest BCUT2D eigenvalue weighted by Crippen LogP contribution is -2.06. The summed E-state index contributed by atoms with van der Waals surface area (Å²) in [5.41, 5.74) is 0.559. The van der Waals surface area contributed by atoms with E-state index in [1.54, 1.807) is 24.3 Å². The Morgan fingerprint density at radius 1 is 1.20 bits per heavy atom. The van der Waals surface area contributed by atoms with Gasteiger partial charge in [0, 0.05) is 30.3 Å². The summed E-state index contributed by atoms with van der Waals surface area (Å²) in [5.74, 6) is -1.86. The predicted octanol–water partition coefficient (Wildman–Crippen LogP) is 1.96. The molecule has 20 heavy (non-hydrogen) atoms. The van der Waals surface area contributed by atoms with Crippen LogP contribution in [0, 0.1) is 0 Å². The zero-order valence-corrected chi connectivity index (χ0v) is 10.5.